The van der Waals surface area contributed by atoms with E-state index in [1.165, 1.54) is 5.56 Å². The second-order valence-corrected chi connectivity index (χ2v) is 4.61. The largest absolute Gasteiger partial charge is 0.321 e. The summed E-state index contributed by atoms with van der Waals surface area (Å²) in [6.45, 7) is 3.92. The zero-order valence-corrected chi connectivity index (χ0v) is 11.6. The van der Waals surface area contributed by atoms with Gasteiger partial charge in [0.15, 0.2) is 0 Å². The normalized spacial score (nSPS) is 9.85. The van der Waals surface area contributed by atoms with Crippen LogP contribution in [0.25, 0.3) is 0 Å². The van der Waals surface area contributed by atoms with Crippen molar-refractivity contribution in [3.05, 3.63) is 64.7 Å². The first-order valence-corrected chi connectivity index (χ1v) is 6.55. The van der Waals surface area contributed by atoms with Crippen LogP contribution in [0.4, 0.5) is 5.69 Å². The number of nitriles is 1. The first-order chi connectivity index (χ1) is 9.65. The van der Waals surface area contributed by atoms with E-state index >= 15 is 0 Å². The van der Waals surface area contributed by atoms with Gasteiger partial charge in [0.25, 0.3) is 5.91 Å². The van der Waals surface area contributed by atoms with Crippen molar-refractivity contribution >= 4 is 11.6 Å². The third-order valence-corrected chi connectivity index (χ3v) is 3.26. The molecule has 1 amide bonds. The van der Waals surface area contributed by atoms with Crippen molar-refractivity contribution in [2.75, 3.05) is 5.32 Å². The number of amides is 1. The molecule has 0 heterocycles. The van der Waals surface area contributed by atoms with Crippen molar-refractivity contribution in [3.8, 4) is 6.07 Å². The minimum absolute atomic E-state index is 0.199. The zero-order valence-electron chi connectivity index (χ0n) is 11.6. The number of aryl methyl sites for hydroxylation is 2. The highest BCUT2D eigenvalue weighted by atomic mass is 16.1. The first kappa shape index (κ1) is 13.8. The fraction of sp³-hybridized carbons (Fsp3) is 0.176. The second-order valence-electron chi connectivity index (χ2n) is 4.61. The number of benzene rings is 2. The van der Waals surface area contributed by atoms with E-state index in [4.69, 9.17) is 5.26 Å². The molecule has 100 valence electrons. The number of hydrogen-bond acceptors (Lipinski definition) is 2. The molecule has 1 N–H and O–H groups in total. The molecule has 0 aliphatic carbocycles. The molecule has 0 fully saturated rings. The highest BCUT2D eigenvalue weighted by Gasteiger charge is 2.10. The van der Waals surface area contributed by atoms with Gasteiger partial charge in [-0.3, -0.25) is 4.79 Å². The summed E-state index contributed by atoms with van der Waals surface area (Å²) >= 11 is 0. The van der Waals surface area contributed by atoms with Gasteiger partial charge in [-0.15, -0.1) is 0 Å². The number of hydrogen-bond donors (Lipinski definition) is 1. The quantitative estimate of drug-likeness (QED) is 0.919. The molecule has 0 aliphatic rings. The topological polar surface area (TPSA) is 52.9 Å². The summed E-state index contributed by atoms with van der Waals surface area (Å²) in [7, 11) is 0. The predicted molar refractivity (Wildman–Crippen MR) is 79.7 cm³/mol. The second kappa shape index (κ2) is 6.03. The molecular formula is C17H16N2O. The van der Waals surface area contributed by atoms with Gasteiger partial charge in [-0.2, -0.15) is 5.26 Å². The third-order valence-electron chi connectivity index (χ3n) is 3.26. The summed E-state index contributed by atoms with van der Waals surface area (Å²) in [6.07, 6.45) is 0.943. The molecule has 0 radical (unpaired) electrons. The van der Waals surface area contributed by atoms with Gasteiger partial charge in [0.05, 0.1) is 11.3 Å². The summed E-state index contributed by atoms with van der Waals surface area (Å²) < 4.78 is 0. The van der Waals surface area contributed by atoms with E-state index in [-0.39, 0.29) is 5.91 Å². The lowest BCUT2D eigenvalue weighted by atomic mass is 10.1. The van der Waals surface area contributed by atoms with Crippen LogP contribution >= 0.6 is 0 Å². The molecule has 0 bridgehead atoms. The fourth-order valence-corrected chi connectivity index (χ4v) is 2.01. The maximum Gasteiger partial charge on any atom is 0.255 e. The molecule has 3 heteroatoms. The Morgan fingerprint density at radius 1 is 1.20 bits per heavy atom. The van der Waals surface area contributed by atoms with Crippen LogP contribution in [0, 0.1) is 18.3 Å². The molecule has 20 heavy (non-hydrogen) atoms. The number of rotatable bonds is 3. The van der Waals surface area contributed by atoms with Crippen molar-refractivity contribution in [2.45, 2.75) is 20.3 Å². The van der Waals surface area contributed by atoms with Gasteiger partial charge in [0.2, 0.25) is 0 Å². The van der Waals surface area contributed by atoms with Gasteiger partial charge in [-0.1, -0.05) is 31.2 Å². The van der Waals surface area contributed by atoms with E-state index in [9.17, 15) is 4.79 Å². The van der Waals surface area contributed by atoms with Crippen molar-refractivity contribution in [1.29, 1.82) is 5.26 Å². The number of anilines is 1. The highest BCUT2D eigenvalue weighted by Crippen LogP contribution is 2.19. The molecule has 3 nitrogen and oxygen atoms in total. The van der Waals surface area contributed by atoms with Gasteiger partial charge < -0.3 is 5.32 Å². The van der Waals surface area contributed by atoms with Crippen LogP contribution < -0.4 is 5.32 Å². The molecular weight excluding hydrogens is 248 g/mol. The average molecular weight is 264 g/mol. The van der Waals surface area contributed by atoms with E-state index in [1.54, 1.807) is 18.2 Å². The maximum atomic E-state index is 12.2. The molecule has 2 rings (SSSR count). The molecule has 0 spiro atoms. The monoisotopic (exact) mass is 264 g/mol. The Kier molecular flexibility index (Phi) is 4.17. The van der Waals surface area contributed by atoms with Crippen LogP contribution in [0.1, 0.15) is 34.0 Å². The Hall–Kier alpha value is -2.60. The SMILES string of the molecule is CCc1ccc(C(=O)Nc2cccc(C)c2C#N)cc1. The minimum atomic E-state index is -0.199. The molecule has 2 aromatic carbocycles. The average Bonchev–Trinajstić information content (AvgIpc) is 2.47. The standard InChI is InChI=1S/C17H16N2O/c1-3-13-7-9-14(10-8-13)17(20)19-16-6-4-5-12(2)15(16)11-18/h4-10H,3H2,1-2H3,(H,19,20). The molecule has 0 aromatic heterocycles. The number of carbonyl (C=O) groups excluding carboxylic acids is 1. The van der Waals surface area contributed by atoms with Crippen LogP contribution in [-0.2, 0) is 6.42 Å². The van der Waals surface area contributed by atoms with Gasteiger partial charge in [0.1, 0.15) is 6.07 Å². The summed E-state index contributed by atoms with van der Waals surface area (Å²) in [5.74, 6) is -0.199. The molecule has 0 saturated heterocycles. The van der Waals surface area contributed by atoms with Gasteiger partial charge >= 0.3 is 0 Å². The Bertz CT molecular complexity index is 666. The van der Waals surface area contributed by atoms with Crippen LogP contribution in [0.5, 0.6) is 0 Å². The number of nitrogens with one attached hydrogen (secondary N) is 1. The van der Waals surface area contributed by atoms with E-state index in [0.717, 1.165) is 12.0 Å². The number of carbonyl (C=O) groups is 1. The van der Waals surface area contributed by atoms with Gasteiger partial charge in [-0.25, -0.2) is 0 Å². The Morgan fingerprint density at radius 3 is 2.50 bits per heavy atom. The van der Waals surface area contributed by atoms with Crippen molar-refractivity contribution in [1.82, 2.24) is 0 Å². The summed E-state index contributed by atoms with van der Waals surface area (Å²) in [4.78, 5) is 12.2. The zero-order chi connectivity index (χ0) is 14.5. The van der Waals surface area contributed by atoms with Crippen molar-refractivity contribution in [3.63, 3.8) is 0 Å². The molecule has 0 saturated carbocycles. The lowest BCUT2D eigenvalue weighted by Crippen LogP contribution is -2.13. The van der Waals surface area contributed by atoms with Crippen LogP contribution in [0.2, 0.25) is 0 Å². The smallest absolute Gasteiger partial charge is 0.255 e. The Morgan fingerprint density at radius 2 is 1.90 bits per heavy atom. The minimum Gasteiger partial charge on any atom is -0.321 e. The highest BCUT2D eigenvalue weighted by molar-refractivity contribution is 6.05. The molecule has 2 aromatic rings. The van der Waals surface area contributed by atoms with Gasteiger partial charge in [0, 0.05) is 5.56 Å². The summed E-state index contributed by atoms with van der Waals surface area (Å²) in [6, 6.07) is 15.0. The van der Waals surface area contributed by atoms with Gasteiger partial charge in [-0.05, 0) is 42.7 Å². The molecule has 0 aliphatic heterocycles. The Labute approximate surface area is 118 Å². The van der Waals surface area contributed by atoms with E-state index in [1.807, 2.05) is 31.2 Å². The summed E-state index contributed by atoms with van der Waals surface area (Å²) in [5, 5.41) is 11.9. The van der Waals surface area contributed by atoms with Crippen LogP contribution in [0.3, 0.4) is 0 Å². The lowest BCUT2D eigenvalue weighted by molar-refractivity contribution is 0.102. The summed E-state index contributed by atoms with van der Waals surface area (Å²) in [5.41, 5.74) is 3.69. The number of nitrogens with zero attached hydrogens (tertiary/aromatic N) is 1. The van der Waals surface area contributed by atoms with Crippen molar-refractivity contribution < 1.29 is 4.79 Å². The van der Waals surface area contributed by atoms with E-state index in [0.29, 0.717) is 16.8 Å². The lowest BCUT2D eigenvalue weighted by Gasteiger charge is -2.09. The fourth-order valence-electron chi connectivity index (χ4n) is 2.01. The first-order valence-electron chi connectivity index (χ1n) is 6.55. The van der Waals surface area contributed by atoms with Crippen LogP contribution in [0.15, 0.2) is 42.5 Å². The molecule has 0 atom stereocenters. The predicted octanol–water partition coefficient (Wildman–Crippen LogP) is 3.68. The third kappa shape index (κ3) is 2.86. The van der Waals surface area contributed by atoms with Crippen LogP contribution in [-0.4, -0.2) is 5.91 Å². The van der Waals surface area contributed by atoms with Crippen molar-refractivity contribution in [2.24, 2.45) is 0 Å². The maximum absolute atomic E-state index is 12.2. The Balaban J connectivity index is 2.23. The van der Waals surface area contributed by atoms with E-state index < -0.39 is 0 Å². The molecule has 0 unspecified atom stereocenters. The van der Waals surface area contributed by atoms with E-state index in [2.05, 4.69) is 18.3 Å².